The first kappa shape index (κ1) is 15.8. The molecule has 0 bridgehead atoms. The van der Waals surface area contributed by atoms with E-state index in [9.17, 15) is 18.4 Å². The third kappa shape index (κ3) is 3.61. The fourth-order valence-corrected chi connectivity index (χ4v) is 2.05. The highest BCUT2D eigenvalue weighted by molar-refractivity contribution is 6.44. The highest BCUT2D eigenvalue weighted by Crippen LogP contribution is 2.34. The second kappa shape index (κ2) is 5.80. The largest absolute Gasteiger partial charge is 0.482 e. The molecule has 2 amide bonds. The molecule has 1 fully saturated rings. The van der Waals surface area contributed by atoms with E-state index in [0.29, 0.717) is 4.90 Å². The second-order valence-electron chi connectivity index (χ2n) is 4.51. The molecule has 19 heavy (non-hydrogen) atoms. The number of nitrogens with two attached hydrogens (primary N) is 2. The summed E-state index contributed by atoms with van der Waals surface area (Å²) in [6.07, 6.45) is -0.891. The Labute approximate surface area is 108 Å². The van der Waals surface area contributed by atoms with Crippen molar-refractivity contribution in [3.63, 3.8) is 0 Å². The summed E-state index contributed by atoms with van der Waals surface area (Å²) in [5.74, 6) is -6.90. The number of carbonyl (C=O) groups is 2. The standard InChI is InChI=1S/C9H16BF2N3O4/c11-9(12)3-4-15(8(9)10(18)19)7(17)5(13)1-2-6(14)16/h5,8,18-19H,1-4,13H2,(H2,14,16)/t5-,8+/m0/s1. The lowest BCUT2D eigenvalue weighted by molar-refractivity contribution is -0.135. The maximum atomic E-state index is 13.4. The fraction of sp³-hybridized carbons (Fsp3) is 0.778. The number of hydrogen-bond donors (Lipinski definition) is 4. The van der Waals surface area contributed by atoms with E-state index in [2.05, 4.69) is 0 Å². The highest BCUT2D eigenvalue weighted by Gasteiger charge is 2.56. The van der Waals surface area contributed by atoms with Crippen LogP contribution in [0, 0.1) is 0 Å². The number of halogens is 2. The first-order chi connectivity index (χ1) is 8.66. The van der Waals surface area contributed by atoms with Crippen LogP contribution in [-0.2, 0) is 9.59 Å². The Morgan fingerprint density at radius 3 is 2.53 bits per heavy atom. The van der Waals surface area contributed by atoms with Gasteiger partial charge in [0, 0.05) is 19.4 Å². The van der Waals surface area contributed by atoms with Crippen molar-refractivity contribution < 1.29 is 28.4 Å². The van der Waals surface area contributed by atoms with Crippen LogP contribution in [0.2, 0.25) is 0 Å². The second-order valence-corrected chi connectivity index (χ2v) is 4.51. The Kier molecular flexibility index (Phi) is 4.83. The molecule has 0 unspecified atom stereocenters. The Morgan fingerprint density at radius 1 is 1.47 bits per heavy atom. The minimum absolute atomic E-state index is 0.0789. The summed E-state index contributed by atoms with van der Waals surface area (Å²) >= 11 is 0. The molecule has 1 heterocycles. The van der Waals surface area contributed by atoms with Crippen LogP contribution in [0.25, 0.3) is 0 Å². The first-order valence-electron chi connectivity index (χ1n) is 5.75. The average molecular weight is 279 g/mol. The third-order valence-corrected chi connectivity index (χ3v) is 3.04. The molecule has 108 valence electrons. The van der Waals surface area contributed by atoms with Gasteiger partial charge in [-0.05, 0) is 6.42 Å². The van der Waals surface area contributed by atoms with Gasteiger partial charge in [0.05, 0.1) is 6.04 Å². The minimum Gasteiger partial charge on any atom is -0.426 e. The molecule has 0 aliphatic carbocycles. The molecule has 0 aromatic rings. The number of carbonyl (C=O) groups excluding carboxylic acids is 2. The number of primary amides is 1. The zero-order valence-electron chi connectivity index (χ0n) is 10.1. The van der Waals surface area contributed by atoms with Gasteiger partial charge in [0.1, 0.15) is 5.94 Å². The molecule has 0 spiro atoms. The molecule has 0 radical (unpaired) electrons. The summed E-state index contributed by atoms with van der Waals surface area (Å²) in [6, 6.07) is -1.18. The van der Waals surface area contributed by atoms with Gasteiger partial charge >= 0.3 is 7.12 Å². The van der Waals surface area contributed by atoms with Crippen molar-refractivity contribution in [2.45, 2.75) is 37.2 Å². The summed E-state index contributed by atoms with van der Waals surface area (Å²) in [5, 5.41) is 17.9. The van der Waals surface area contributed by atoms with Crippen LogP contribution in [-0.4, -0.2) is 58.3 Å². The smallest absolute Gasteiger partial charge is 0.426 e. The number of hydrogen-bond acceptors (Lipinski definition) is 5. The Balaban J connectivity index is 2.73. The lowest BCUT2D eigenvalue weighted by Gasteiger charge is -2.28. The summed E-state index contributed by atoms with van der Waals surface area (Å²) < 4.78 is 26.8. The minimum atomic E-state index is -3.38. The number of rotatable bonds is 5. The van der Waals surface area contributed by atoms with Crippen molar-refractivity contribution in [2.24, 2.45) is 11.5 Å². The average Bonchev–Trinajstić information content (AvgIpc) is 2.60. The van der Waals surface area contributed by atoms with Gasteiger partial charge in [-0.25, -0.2) is 8.78 Å². The maximum absolute atomic E-state index is 13.4. The lowest BCUT2D eigenvalue weighted by Crippen LogP contribution is -2.56. The van der Waals surface area contributed by atoms with E-state index < -0.39 is 43.3 Å². The van der Waals surface area contributed by atoms with Crippen LogP contribution < -0.4 is 11.5 Å². The molecular formula is C9H16BF2N3O4. The van der Waals surface area contributed by atoms with E-state index in [0.717, 1.165) is 0 Å². The molecule has 7 nitrogen and oxygen atoms in total. The van der Waals surface area contributed by atoms with Gasteiger partial charge in [-0.15, -0.1) is 0 Å². The molecule has 1 aliphatic heterocycles. The Hall–Kier alpha value is -1.26. The molecule has 1 saturated heterocycles. The lowest BCUT2D eigenvalue weighted by atomic mass is 9.75. The zero-order chi connectivity index (χ0) is 14.8. The molecule has 0 aromatic heterocycles. The van der Waals surface area contributed by atoms with Gasteiger partial charge in [0.25, 0.3) is 5.92 Å². The van der Waals surface area contributed by atoms with Gasteiger partial charge in [-0.3, -0.25) is 9.59 Å². The Bertz CT molecular complexity index is 369. The summed E-state index contributed by atoms with van der Waals surface area (Å²) in [4.78, 5) is 23.1. The normalized spacial score (nSPS) is 23.2. The molecule has 10 heteroatoms. The monoisotopic (exact) mass is 279 g/mol. The number of alkyl halides is 2. The van der Waals surface area contributed by atoms with Gasteiger partial charge in [-0.1, -0.05) is 0 Å². The predicted molar refractivity (Wildman–Crippen MR) is 61.7 cm³/mol. The van der Waals surface area contributed by atoms with Crippen molar-refractivity contribution in [3.8, 4) is 0 Å². The number of amides is 2. The van der Waals surface area contributed by atoms with E-state index in [1.165, 1.54) is 0 Å². The molecule has 1 aliphatic rings. The summed E-state index contributed by atoms with van der Waals surface area (Å²) in [5.41, 5.74) is 10.4. The van der Waals surface area contributed by atoms with Crippen molar-refractivity contribution in [3.05, 3.63) is 0 Å². The maximum Gasteiger partial charge on any atom is 0.482 e. The highest BCUT2D eigenvalue weighted by atomic mass is 19.3. The van der Waals surface area contributed by atoms with Crippen molar-refractivity contribution in [1.29, 1.82) is 0 Å². The van der Waals surface area contributed by atoms with E-state index in [1.54, 1.807) is 0 Å². The van der Waals surface area contributed by atoms with Crippen LogP contribution in [0.5, 0.6) is 0 Å². The van der Waals surface area contributed by atoms with Gasteiger partial charge < -0.3 is 26.4 Å². The van der Waals surface area contributed by atoms with E-state index in [1.807, 2.05) is 0 Å². The van der Waals surface area contributed by atoms with E-state index in [4.69, 9.17) is 21.5 Å². The van der Waals surface area contributed by atoms with Crippen molar-refractivity contribution in [1.82, 2.24) is 4.90 Å². The third-order valence-electron chi connectivity index (χ3n) is 3.04. The molecule has 1 rings (SSSR count). The quantitative estimate of drug-likeness (QED) is 0.425. The topological polar surface area (TPSA) is 130 Å². The van der Waals surface area contributed by atoms with Gasteiger partial charge in [-0.2, -0.15) is 0 Å². The zero-order valence-corrected chi connectivity index (χ0v) is 10.1. The molecule has 6 N–H and O–H groups in total. The summed E-state index contributed by atoms with van der Waals surface area (Å²) in [7, 11) is -2.36. The van der Waals surface area contributed by atoms with Crippen molar-refractivity contribution >= 4 is 18.9 Å². The van der Waals surface area contributed by atoms with Crippen LogP contribution in [0.4, 0.5) is 8.78 Å². The SMILES string of the molecule is NC(=O)CC[C@H](N)C(=O)N1CCC(F)(F)[C@@H]1B(O)O. The van der Waals surface area contributed by atoms with Crippen LogP contribution in [0.15, 0.2) is 0 Å². The summed E-state index contributed by atoms with van der Waals surface area (Å²) in [6.45, 7) is -0.321. The van der Waals surface area contributed by atoms with Gasteiger partial charge in [0.2, 0.25) is 11.8 Å². The van der Waals surface area contributed by atoms with Gasteiger partial charge in [0.15, 0.2) is 0 Å². The van der Waals surface area contributed by atoms with Crippen molar-refractivity contribution in [2.75, 3.05) is 6.54 Å². The molecular weight excluding hydrogens is 263 g/mol. The number of nitrogens with zero attached hydrogens (tertiary/aromatic N) is 1. The Morgan fingerprint density at radius 2 is 2.05 bits per heavy atom. The fourth-order valence-electron chi connectivity index (χ4n) is 2.05. The van der Waals surface area contributed by atoms with Crippen LogP contribution in [0.3, 0.4) is 0 Å². The molecule has 2 atom stereocenters. The van der Waals surface area contributed by atoms with E-state index >= 15 is 0 Å². The number of likely N-dealkylation sites (tertiary alicyclic amines) is 1. The van der Waals surface area contributed by atoms with Crippen LogP contribution >= 0.6 is 0 Å². The first-order valence-corrected chi connectivity index (χ1v) is 5.75. The van der Waals surface area contributed by atoms with Crippen LogP contribution in [0.1, 0.15) is 19.3 Å². The predicted octanol–water partition coefficient (Wildman–Crippen LogP) is -2.17. The molecule has 0 saturated carbocycles. The van der Waals surface area contributed by atoms with E-state index in [-0.39, 0.29) is 19.4 Å². The molecule has 0 aromatic carbocycles.